The summed E-state index contributed by atoms with van der Waals surface area (Å²) in [4.78, 5) is 11.2. The molecule has 0 aromatic heterocycles. The smallest absolute Gasteiger partial charge is 0.243 e. The molecule has 0 bridgehead atoms. The molecule has 1 unspecified atom stereocenters. The fourth-order valence-electron chi connectivity index (χ4n) is 3.94. The SMILES string of the molecule is C=CC(=O)NCCCC(CCCCCCCCCCCCCCC)[N+](C)(C)C.[Cl-]. The van der Waals surface area contributed by atoms with Crippen molar-refractivity contribution in [2.45, 2.75) is 116 Å². The van der Waals surface area contributed by atoms with Crippen LogP contribution in [0, 0.1) is 0 Å². The minimum Gasteiger partial charge on any atom is -1.00 e. The Balaban J connectivity index is 0. The predicted octanol–water partition coefficient (Wildman–Crippen LogP) is 3.63. The third kappa shape index (κ3) is 20.5. The molecule has 1 atom stereocenters. The van der Waals surface area contributed by atoms with Gasteiger partial charge in [0.05, 0.1) is 27.2 Å². The number of carbonyl (C=O) groups is 1. The van der Waals surface area contributed by atoms with Gasteiger partial charge in [-0.3, -0.25) is 4.79 Å². The van der Waals surface area contributed by atoms with Crippen molar-refractivity contribution >= 4 is 5.91 Å². The van der Waals surface area contributed by atoms with E-state index in [1.54, 1.807) is 0 Å². The lowest BCUT2D eigenvalue weighted by molar-refractivity contribution is -0.896. The summed E-state index contributed by atoms with van der Waals surface area (Å²) in [5.41, 5.74) is 0. The van der Waals surface area contributed by atoms with Gasteiger partial charge in [0.1, 0.15) is 0 Å². The summed E-state index contributed by atoms with van der Waals surface area (Å²) in [5, 5.41) is 2.89. The van der Waals surface area contributed by atoms with Crippen LogP contribution in [0.2, 0.25) is 0 Å². The molecule has 29 heavy (non-hydrogen) atoms. The van der Waals surface area contributed by atoms with E-state index in [-0.39, 0.29) is 18.3 Å². The van der Waals surface area contributed by atoms with E-state index in [1.165, 1.54) is 102 Å². The summed E-state index contributed by atoms with van der Waals surface area (Å²) in [6.07, 6.45) is 23.3. The van der Waals surface area contributed by atoms with E-state index in [9.17, 15) is 4.79 Å². The maximum absolute atomic E-state index is 11.2. The number of nitrogens with zero attached hydrogens (tertiary/aromatic N) is 1. The second kappa shape index (κ2) is 20.7. The van der Waals surface area contributed by atoms with Crippen molar-refractivity contribution in [3.63, 3.8) is 0 Å². The van der Waals surface area contributed by atoms with Gasteiger partial charge in [-0.05, 0) is 25.3 Å². The van der Waals surface area contributed by atoms with Gasteiger partial charge < -0.3 is 22.2 Å². The summed E-state index contributed by atoms with van der Waals surface area (Å²) in [5.74, 6) is -0.0571. The Morgan fingerprint density at radius 2 is 1.21 bits per heavy atom. The zero-order valence-electron chi connectivity index (χ0n) is 20.1. The Bertz CT molecular complexity index is 380. The number of quaternary nitrogens is 1. The van der Waals surface area contributed by atoms with Crippen LogP contribution in [-0.4, -0.2) is 44.1 Å². The molecule has 174 valence electrons. The number of hydrogen-bond acceptors (Lipinski definition) is 1. The van der Waals surface area contributed by atoms with Crippen molar-refractivity contribution in [3.05, 3.63) is 12.7 Å². The van der Waals surface area contributed by atoms with Crippen molar-refractivity contribution in [3.8, 4) is 0 Å². The monoisotopic (exact) mass is 430 g/mol. The maximum Gasteiger partial charge on any atom is 0.243 e. The van der Waals surface area contributed by atoms with E-state index in [1.807, 2.05) is 0 Å². The van der Waals surface area contributed by atoms with Gasteiger partial charge in [0.25, 0.3) is 0 Å². The molecule has 0 fully saturated rings. The maximum atomic E-state index is 11.2. The second-order valence-electron chi connectivity index (χ2n) is 9.44. The molecule has 0 saturated heterocycles. The molecule has 4 heteroatoms. The van der Waals surface area contributed by atoms with Gasteiger partial charge in [-0.1, -0.05) is 90.6 Å². The highest BCUT2D eigenvalue weighted by molar-refractivity contribution is 5.86. The zero-order chi connectivity index (χ0) is 21.1. The third-order valence-corrected chi connectivity index (χ3v) is 5.94. The normalized spacial score (nSPS) is 12.3. The fraction of sp³-hybridized carbons (Fsp3) is 0.880. The number of halogens is 1. The molecule has 0 radical (unpaired) electrons. The van der Waals surface area contributed by atoms with Crippen molar-refractivity contribution in [2.75, 3.05) is 27.7 Å². The van der Waals surface area contributed by atoms with Crippen molar-refractivity contribution in [1.29, 1.82) is 0 Å². The molecular formula is C25H51ClN2O. The van der Waals surface area contributed by atoms with E-state index >= 15 is 0 Å². The highest BCUT2D eigenvalue weighted by Crippen LogP contribution is 2.19. The molecule has 0 aliphatic rings. The zero-order valence-corrected chi connectivity index (χ0v) is 20.9. The molecule has 0 heterocycles. The van der Waals surface area contributed by atoms with Crippen molar-refractivity contribution in [1.82, 2.24) is 5.32 Å². The van der Waals surface area contributed by atoms with Crippen LogP contribution in [0.15, 0.2) is 12.7 Å². The van der Waals surface area contributed by atoms with Crippen molar-refractivity contribution < 1.29 is 21.7 Å². The van der Waals surface area contributed by atoms with E-state index in [0.29, 0.717) is 6.04 Å². The molecule has 0 spiro atoms. The molecular weight excluding hydrogens is 380 g/mol. The molecule has 1 N–H and O–H groups in total. The molecule has 1 amide bonds. The minimum atomic E-state index is -0.0571. The van der Waals surface area contributed by atoms with E-state index < -0.39 is 0 Å². The Hall–Kier alpha value is -0.540. The average molecular weight is 431 g/mol. The fourth-order valence-corrected chi connectivity index (χ4v) is 3.94. The molecule has 0 aromatic rings. The lowest BCUT2D eigenvalue weighted by Gasteiger charge is -2.34. The van der Waals surface area contributed by atoms with Gasteiger partial charge in [-0.15, -0.1) is 0 Å². The van der Waals surface area contributed by atoms with Gasteiger partial charge in [0, 0.05) is 13.0 Å². The third-order valence-electron chi connectivity index (χ3n) is 5.94. The number of unbranched alkanes of at least 4 members (excludes halogenated alkanes) is 12. The lowest BCUT2D eigenvalue weighted by Crippen LogP contribution is -3.00. The number of carbonyl (C=O) groups excluding carboxylic acids is 1. The van der Waals surface area contributed by atoms with Crippen LogP contribution in [0.4, 0.5) is 0 Å². The molecule has 0 aliphatic carbocycles. The predicted molar refractivity (Wildman–Crippen MR) is 125 cm³/mol. The van der Waals surface area contributed by atoms with Crippen LogP contribution < -0.4 is 17.7 Å². The van der Waals surface area contributed by atoms with Crippen LogP contribution >= 0.6 is 0 Å². The largest absolute Gasteiger partial charge is 1.00 e. The summed E-state index contributed by atoms with van der Waals surface area (Å²) >= 11 is 0. The standard InChI is InChI=1S/C25H50N2O.ClH/c1-6-8-9-10-11-12-13-14-15-16-17-18-19-21-24(27(3,4)5)22-20-23-26-25(28)7-2;/h7,24H,2,6,8-23H2,1,3-5H3;1H. The first-order chi connectivity index (χ1) is 13.4. The van der Waals surface area contributed by atoms with Crippen LogP contribution in [0.5, 0.6) is 0 Å². The summed E-state index contributed by atoms with van der Waals surface area (Å²) < 4.78 is 1.02. The van der Waals surface area contributed by atoms with Gasteiger partial charge >= 0.3 is 0 Å². The summed E-state index contributed by atoms with van der Waals surface area (Å²) in [6.45, 7) is 6.55. The van der Waals surface area contributed by atoms with E-state index in [0.717, 1.165) is 17.4 Å². The highest BCUT2D eigenvalue weighted by atomic mass is 35.5. The molecule has 0 rings (SSSR count). The number of hydrogen-bond donors (Lipinski definition) is 1. The number of amides is 1. The van der Waals surface area contributed by atoms with Crippen LogP contribution in [0.3, 0.4) is 0 Å². The average Bonchev–Trinajstić information content (AvgIpc) is 2.65. The Morgan fingerprint density at radius 1 is 0.793 bits per heavy atom. The first-order valence-electron chi connectivity index (χ1n) is 12.1. The first kappa shape index (κ1) is 30.7. The topological polar surface area (TPSA) is 29.1 Å². The first-order valence-corrected chi connectivity index (χ1v) is 12.1. The quantitative estimate of drug-likeness (QED) is 0.178. The Morgan fingerprint density at radius 3 is 1.62 bits per heavy atom. The second-order valence-corrected chi connectivity index (χ2v) is 9.44. The van der Waals surface area contributed by atoms with Crippen LogP contribution in [0.1, 0.15) is 110 Å². The summed E-state index contributed by atoms with van der Waals surface area (Å²) in [7, 11) is 6.90. The van der Waals surface area contributed by atoms with Crippen LogP contribution in [-0.2, 0) is 4.79 Å². The van der Waals surface area contributed by atoms with Crippen molar-refractivity contribution in [2.24, 2.45) is 0 Å². The van der Waals surface area contributed by atoms with E-state index in [2.05, 4.69) is 40.0 Å². The van der Waals surface area contributed by atoms with E-state index in [4.69, 9.17) is 0 Å². The van der Waals surface area contributed by atoms with Crippen LogP contribution in [0.25, 0.3) is 0 Å². The van der Waals surface area contributed by atoms with Gasteiger partial charge in [-0.2, -0.15) is 0 Å². The molecule has 3 nitrogen and oxygen atoms in total. The molecule has 0 aliphatic heterocycles. The molecule has 0 aromatic carbocycles. The number of rotatable bonds is 20. The van der Waals surface area contributed by atoms with Gasteiger partial charge in [0.15, 0.2) is 0 Å². The summed E-state index contributed by atoms with van der Waals surface area (Å²) in [6, 6.07) is 0.688. The number of nitrogens with one attached hydrogen (secondary N) is 1. The Kier molecular flexibility index (Phi) is 21.9. The minimum absolute atomic E-state index is 0. The highest BCUT2D eigenvalue weighted by Gasteiger charge is 2.22. The Labute approximate surface area is 189 Å². The van der Waals surface area contributed by atoms with Gasteiger partial charge in [-0.25, -0.2) is 0 Å². The molecule has 0 saturated carbocycles. The lowest BCUT2D eigenvalue weighted by atomic mass is 9.99. The van der Waals surface area contributed by atoms with Gasteiger partial charge in [0.2, 0.25) is 5.91 Å².